The van der Waals surface area contributed by atoms with Crippen LogP contribution in [-0.2, 0) is 25.4 Å². The maximum Gasteiger partial charge on any atom is 0.416 e. The highest BCUT2D eigenvalue weighted by Gasteiger charge is 2.36. The molecule has 25 heavy (non-hydrogen) atoms. The SMILES string of the molecule is OCCc1cccc(OCc2cc(C(F)(F)F)cc(C(F)(F)F)c2)c1. The Labute approximate surface area is 139 Å². The fraction of sp³-hybridized carbons (Fsp3) is 0.294. The van der Waals surface area contributed by atoms with E-state index in [0.717, 1.165) is 5.56 Å². The third-order valence-electron chi connectivity index (χ3n) is 3.35. The average Bonchev–Trinajstić information content (AvgIpc) is 2.52. The van der Waals surface area contributed by atoms with Gasteiger partial charge in [-0.3, -0.25) is 0 Å². The number of hydrogen-bond acceptors (Lipinski definition) is 2. The zero-order chi connectivity index (χ0) is 18.7. The minimum atomic E-state index is -4.89. The van der Waals surface area contributed by atoms with Crippen LogP contribution in [0, 0.1) is 0 Å². The van der Waals surface area contributed by atoms with Gasteiger partial charge in [0.05, 0.1) is 11.1 Å². The maximum atomic E-state index is 12.8. The van der Waals surface area contributed by atoms with Crippen molar-refractivity contribution in [3.05, 3.63) is 64.7 Å². The fourth-order valence-electron chi connectivity index (χ4n) is 2.19. The van der Waals surface area contributed by atoms with Crippen LogP contribution in [-0.4, -0.2) is 11.7 Å². The fourth-order valence-corrected chi connectivity index (χ4v) is 2.19. The van der Waals surface area contributed by atoms with Gasteiger partial charge in [0.1, 0.15) is 12.4 Å². The molecule has 2 aromatic carbocycles. The summed E-state index contributed by atoms with van der Waals surface area (Å²) in [6.07, 6.45) is -9.42. The minimum Gasteiger partial charge on any atom is -0.489 e. The second-order valence-corrected chi connectivity index (χ2v) is 5.32. The van der Waals surface area contributed by atoms with Crippen molar-refractivity contribution in [1.82, 2.24) is 0 Å². The van der Waals surface area contributed by atoms with Crippen molar-refractivity contribution in [2.24, 2.45) is 0 Å². The molecule has 0 heterocycles. The second-order valence-electron chi connectivity index (χ2n) is 5.32. The van der Waals surface area contributed by atoms with Crippen molar-refractivity contribution >= 4 is 0 Å². The van der Waals surface area contributed by atoms with E-state index >= 15 is 0 Å². The van der Waals surface area contributed by atoms with E-state index in [-0.39, 0.29) is 24.0 Å². The molecule has 0 amide bonds. The number of rotatable bonds is 5. The van der Waals surface area contributed by atoms with Crippen LogP contribution in [0.4, 0.5) is 26.3 Å². The van der Waals surface area contributed by atoms with E-state index in [9.17, 15) is 26.3 Å². The van der Waals surface area contributed by atoms with E-state index in [4.69, 9.17) is 9.84 Å². The Balaban J connectivity index is 2.25. The Hall–Kier alpha value is -2.22. The van der Waals surface area contributed by atoms with Crippen LogP contribution in [0.15, 0.2) is 42.5 Å². The number of aliphatic hydroxyl groups is 1. The Bertz CT molecular complexity index is 690. The number of alkyl halides is 6. The summed E-state index contributed by atoms with van der Waals surface area (Å²) in [5.41, 5.74) is -2.26. The van der Waals surface area contributed by atoms with Crippen LogP contribution >= 0.6 is 0 Å². The van der Waals surface area contributed by atoms with Crippen molar-refractivity contribution in [2.45, 2.75) is 25.4 Å². The number of hydrogen-bond donors (Lipinski definition) is 1. The lowest BCUT2D eigenvalue weighted by Gasteiger charge is -2.15. The Morgan fingerprint density at radius 1 is 0.800 bits per heavy atom. The van der Waals surface area contributed by atoms with Crippen LogP contribution in [0.2, 0.25) is 0 Å². The minimum absolute atomic E-state index is 0.0748. The normalized spacial score (nSPS) is 12.3. The summed E-state index contributed by atoms with van der Waals surface area (Å²) >= 11 is 0. The van der Waals surface area contributed by atoms with Gasteiger partial charge in [-0.1, -0.05) is 12.1 Å². The Kier molecular flexibility index (Phi) is 5.62. The summed E-state index contributed by atoms with van der Waals surface area (Å²) in [5.74, 6) is 0.289. The first kappa shape index (κ1) is 19.1. The third-order valence-corrected chi connectivity index (χ3v) is 3.35. The van der Waals surface area contributed by atoms with Gasteiger partial charge in [-0.25, -0.2) is 0 Å². The second kappa shape index (κ2) is 7.35. The van der Waals surface area contributed by atoms with Crippen molar-refractivity contribution in [2.75, 3.05) is 6.61 Å². The van der Waals surface area contributed by atoms with Crippen molar-refractivity contribution in [3.63, 3.8) is 0 Å². The van der Waals surface area contributed by atoms with Crippen LogP contribution in [0.25, 0.3) is 0 Å². The lowest BCUT2D eigenvalue weighted by atomic mass is 10.1. The number of aliphatic hydroxyl groups excluding tert-OH is 1. The molecule has 8 heteroatoms. The van der Waals surface area contributed by atoms with E-state index in [0.29, 0.717) is 18.6 Å². The average molecular weight is 364 g/mol. The summed E-state index contributed by atoms with van der Waals surface area (Å²) in [6, 6.07) is 7.77. The molecule has 0 spiro atoms. The quantitative estimate of drug-likeness (QED) is 0.770. The highest BCUT2D eigenvalue weighted by molar-refractivity contribution is 5.34. The number of halogens is 6. The molecule has 0 aliphatic carbocycles. The standard InChI is InChI=1S/C17H14F6O2/c18-16(19,20)13-6-12(7-14(9-13)17(21,22)23)10-25-15-3-1-2-11(8-15)4-5-24/h1-3,6-9,24H,4-5,10H2. The van der Waals surface area contributed by atoms with E-state index in [1.54, 1.807) is 18.2 Å². The molecular formula is C17H14F6O2. The molecular weight excluding hydrogens is 350 g/mol. The largest absolute Gasteiger partial charge is 0.489 e. The molecule has 0 aliphatic heterocycles. The summed E-state index contributed by atoms with van der Waals surface area (Å²) in [7, 11) is 0. The summed E-state index contributed by atoms with van der Waals surface area (Å²) < 4.78 is 82.1. The molecule has 0 unspecified atom stereocenters. The molecule has 136 valence electrons. The zero-order valence-corrected chi connectivity index (χ0v) is 12.8. The Morgan fingerprint density at radius 3 is 1.92 bits per heavy atom. The molecule has 0 aliphatic rings. The van der Waals surface area contributed by atoms with Gasteiger partial charge >= 0.3 is 12.4 Å². The highest BCUT2D eigenvalue weighted by atomic mass is 19.4. The summed E-state index contributed by atoms with van der Waals surface area (Å²) in [5, 5.41) is 8.88. The molecule has 0 saturated carbocycles. The van der Waals surface area contributed by atoms with Gasteiger partial charge in [-0.2, -0.15) is 26.3 Å². The van der Waals surface area contributed by atoms with Crippen LogP contribution < -0.4 is 4.74 Å². The summed E-state index contributed by atoms with van der Waals surface area (Å²) in [4.78, 5) is 0. The summed E-state index contributed by atoms with van der Waals surface area (Å²) in [6.45, 7) is -0.540. The molecule has 0 radical (unpaired) electrons. The monoisotopic (exact) mass is 364 g/mol. The molecule has 0 aromatic heterocycles. The van der Waals surface area contributed by atoms with Crippen LogP contribution in [0.3, 0.4) is 0 Å². The van der Waals surface area contributed by atoms with Gasteiger partial charge in [0.2, 0.25) is 0 Å². The topological polar surface area (TPSA) is 29.5 Å². The first-order valence-corrected chi connectivity index (χ1v) is 7.20. The number of ether oxygens (including phenoxy) is 1. The number of benzene rings is 2. The first-order valence-electron chi connectivity index (χ1n) is 7.20. The van der Waals surface area contributed by atoms with Crippen LogP contribution in [0.5, 0.6) is 5.75 Å². The van der Waals surface area contributed by atoms with Gasteiger partial charge in [-0.15, -0.1) is 0 Å². The lowest BCUT2D eigenvalue weighted by Crippen LogP contribution is -2.12. The van der Waals surface area contributed by atoms with Crippen LogP contribution in [0.1, 0.15) is 22.3 Å². The van der Waals surface area contributed by atoms with Gasteiger partial charge in [-0.05, 0) is 47.9 Å². The molecule has 2 nitrogen and oxygen atoms in total. The molecule has 0 atom stereocenters. The Morgan fingerprint density at radius 2 is 1.40 bits per heavy atom. The zero-order valence-electron chi connectivity index (χ0n) is 12.8. The molecule has 0 bridgehead atoms. The molecule has 2 rings (SSSR count). The van der Waals surface area contributed by atoms with Gasteiger partial charge in [0.15, 0.2) is 0 Å². The molecule has 1 N–H and O–H groups in total. The van der Waals surface area contributed by atoms with E-state index in [1.807, 2.05) is 0 Å². The van der Waals surface area contributed by atoms with Crippen molar-refractivity contribution < 1.29 is 36.2 Å². The highest BCUT2D eigenvalue weighted by Crippen LogP contribution is 2.36. The first-order chi connectivity index (χ1) is 11.6. The van der Waals surface area contributed by atoms with Gasteiger partial charge in [0, 0.05) is 6.61 Å². The molecule has 0 saturated heterocycles. The van der Waals surface area contributed by atoms with Crippen molar-refractivity contribution in [3.8, 4) is 5.75 Å². The van der Waals surface area contributed by atoms with E-state index < -0.39 is 30.1 Å². The van der Waals surface area contributed by atoms with Crippen molar-refractivity contribution in [1.29, 1.82) is 0 Å². The van der Waals surface area contributed by atoms with Gasteiger partial charge < -0.3 is 9.84 Å². The third kappa shape index (κ3) is 5.38. The lowest BCUT2D eigenvalue weighted by molar-refractivity contribution is -0.143. The smallest absolute Gasteiger partial charge is 0.416 e. The van der Waals surface area contributed by atoms with E-state index in [1.165, 1.54) is 6.07 Å². The predicted octanol–water partition coefficient (Wildman–Crippen LogP) is 4.84. The predicted molar refractivity (Wildman–Crippen MR) is 78.0 cm³/mol. The molecule has 0 fully saturated rings. The van der Waals surface area contributed by atoms with Gasteiger partial charge in [0.25, 0.3) is 0 Å². The van der Waals surface area contributed by atoms with E-state index in [2.05, 4.69) is 0 Å². The maximum absolute atomic E-state index is 12.8. The molecule has 2 aromatic rings.